The molecule has 110 valence electrons. The van der Waals surface area contributed by atoms with E-state index in [-0.39, 0.29) is 24.3 Å². The van der Waals surface area contributed by atoms with Gasteiger partial charge in [0.25, 0.3) is 0 Å². The van der Waals surface area contributed by atoms with Gasteiger partial charge < -0.3 is 21.1 Å². The molecule has 0 aromatic heterocycles. The number of rotatable bonds is 6. The van der Waals surface area contributed by atoms with Crippen LogP contribution in [0, 0.1) is 5.92 Å². The van der Waals surface area contributed by atoms with Crippen LogP contribution in [0.15, 0.2) is 18.2 Å². The Balaban J connectivity index is 2.82. The maximum absolute atomic E-state index is 11.7. The minimum atomic E-state index is -0.288. The molecule has 0 radical (unpaired) electrons. The van der Waals surface area contributed by atoms with Crippen LogP contribution in [0.4, 0.5) is 11.4 Å². The van der Waals surface area contributed by atoms with Crippen LogP contribution >= 0.6 is 0 Å². The van der Waals surface area contributed by atoms with Crippen LogP contribution in [0.1, 0.15) is 20.3 Å². The molecule has 0 heterocycles. The Morgan fingerprint density at radius 3 is 2.50 bits per heavy atom. The number of nitrogens with two attached hydrogens (primary N) is 1. The highest BCUT2D eigenvalue weighted by molar-refractivity contribution is 5.95. The highest BCUT2D eigenvalue weighted by atomic mass is 16.5. The first-order valence-electron chi connectivity index (χ1n) is 6.44. The molecule has 1 aromatic carbocycles. The molecule has 6 nitrogen and oxygen atoms in total. The van der Waals surface area contributed by atoms with E-state index in [4.69, 9.17) is 10.5 Å². The Morgan fingerprint density at radius 2 is 1.95 bits per heavy atom. The minimum Gasteiger partial charge on any atom is -0.494 e. The van der Waals surface area contributed by atoms with Crippen molar-refractivity contribution in [2.24, 2.45) is 11.7 Å². The maximum Gasteiger partial charge on any atom is 0.238 e. The number of carbonyl (C=O) groups is 2. The lowest BCUT2D eigenvalue weighted by Gasteiger charge is -2.13. The molecule has 0 saturated carbocycles. The summed E-state index contributed by atoms with van der Waals surface area (Å²) in [7, 11) is 1.50. The molecule has 1 aromatic rings. The molecule has 1 rings (SSSR count). The summed E-state index contributed by atoms with van der Waals surface area (Å²) >= 11 is 0. The van der Waals surface area contributed by atoms with E-state index in [0.29, 0.717) is 23.5 Å². The number of anilines is 2. The Hall–Kier alpha value is -2.08. The van der Waals surface area contributed by atoms with Crippen molar-refractivity contribution in [3.63, 3.8) is 0 Å². The zero-order valence-corrected chi connectivity index (χ0v) is 12.0. The van der Waals surface area contributed by atoms with E-state index in [9.17, 15) is 9.59 Å². The van der Waals surface area contributed by atoms with Gasteiger partial charge in [-0.3, -0.25) is 9.59 Å². The summed E-state index contributed by atoms with van der Waals surface area (Å²) in [4.78, 5) is 23.0. The van der Waals surface area contributed by atoms with E-state index in [2.05, 4.69) is 10.6 Å². The van der Waals surface area contributed by atoms with Crippen LogP contribution in [0.5, 0.6) is 5.75 Å². The second kappa shape index (κ2) is 7.49. The lowest BCUT2D eigenvalue weighted by Crippen LogP contribution is -2.21. The fourth-order valence-electron chi connectivity index (χ4n) is 1.66. The van der Waals surface area contributed by atoms with Crippen molar-refractivity contribution in [2.45, 2.75) is 20.3 Å². The van der Waals surface area contributed by atoms with Gasteiger partial charge in [-0.25, -0.2) is 0 Å². The molecule has 4 N–H and O–H groups in total. The molecule has 0 fully saturated rings. The second-order valence-corrected chi connectivity index (χ2v) is 4.81. The molecule has 0 aliphatic rings. The standard InChI is InChI=1S/C14H21N3O3/c1-9(2)6-13(18)17-11-5-4-10(7-12(11)20-3)16-14(19)8-15/h4-5,7,9H,6,8,15H2,1-3H3,(H,16,19)(H,17,18). The van der Waals surface area contributed by atoms with Gasteiger partial charge >= 0.3 is 0 Å². The number of nitrogens with one attached hydrogen (secondary N) is 2. The summed E-state index contributed by atoms with van der Waals surface area (Å²) in [6.07, 6.45) is 0.439. The predicted molar refractivity (Wildman–Crippen MR) is 78.8 cm³/mol. The van der Waals surface area contributed by atoms with Crippen LogP contribution < -0.4 is 21.1 Å². The first-order chi connectivity index (χ1) is 9.46. The van der Waals surface area contributed by atoms with Crippen LogP contribution in [0.2, 0.25) is 0 Å². The van der Waals surface area contributed by atoms with Crippen molar-refractivity contribution in [1.29, 1.82) is 0 Å². The van der Waals surface area contributed by atoms with Crippen LogP contribution in [0.25, 0.3) is 0 Å². The molecule has 0 saturated heterocycles. The highest BCUT2D eigenvalue weighted by Crippen LogP contribution is 2.28. The third-order valence-corrected chi connectivity index (χ3v) is 2.54. The van der Waals surface area contributed by atoms with Crippen LogP contribution in [-0.2, 0) is 9.59 Å². The van der Waals surface area contributed by atoms with Crippen molar-refractivity contribution in [2.75, 3.05) is 24.3 Å². The third kappa shape index (κ3) is 4.89. The number of ether oxygens (including phenoxy) is 1. The quantitative estimate of drug-likeness (QED) is 0.737. The maximum atomic E-state index is 11.7. The Bertz CT molecular complexity index is 487. The summed E-state index contributed by atoms with van der Waals surface area (Å²) in [5, 5.41) is 5.41. The van der Waals surface area contributed by atoms with Gasteiger partial charge in [0.1, 0.15) is 5.75 Å². The third-order valence-electron chi connectivity index (χ3n) is 2.54. The molecule has 0 aliphatic heterocycles. The van der Waals surface area contributed by atoms with E-state index in [0.717, 1.165) is 0 Å². The summed E-state index contributed by atoms with van der Waals surface area (Å²) in [6, 6.07) is 5.00. The number of amides is 2. The van der Waals surface area contributed by atoms with Gasteiger partial charge in [0.2, 0.25) is 11.8 Å². The van der Waals surface area contributed by atoms with Gasteiger partial charge in [0.15, 0.2) is 0 Å². The fraction of sp³-hybridized carbons (Fsp3) is 0.429. The normalized spacial score (nSPS) is 10.2. The monoisotopic (exact) mass is 279 g/mol. The first-order valence-corrected chi connectivity index (χ1v) is 6.44. The summed E-state index contributed by atoms with van der Waals surface area (Å²) in [6.45, 7) is 3.86. The summed E-state index contributed by atoms with van der Waals surface area (Å²) in [5.41, 5.74) is 6.37. The number of benzene rings is 1. The average molecular weight is 279 g/mol. The highest BCUT2D eigenvalue weighted by Gasteiger charge is 2.10. The van der Waals surface area contributed by atoms with E-state index in [1.54, 1.807) is 18.2 Å². The molecule has 20 heavy (non-hydrogen) atoms. The number of hydrogen-bond donors (Lipinski definition) is 3. The molecule has 0 bridgehead atoms. The lowest BCUT2D eigenvalue weighted by atomic mass is 10.1. The first kappa shape index (κ1) is 16.0. The largest absolute Gasteiger partial charge is 0.494 e. The molecule has 0 unspecified atom stereocenters. The number of hydrogen-bond acceptors (Lipinski definition) is 4. The second-order valence-electron chi connectivity index (χ2n) is 4.81. The molecular formula is C14H21N3O3. The molecule has 2 amide bonds. The van der Waals surface area contributed by atoms with Crippen molar-refractivity contribution in [3.05, 3.63) is 18.2 Å². The molecular weight excluding hydrogens is 258 g/mol. The van der Waals surface area contributed by atoms with Crippen molar-refractivity contribution in [1.82, 2.24) is 0 Å². The molecule has 0 spiro atoms. The van der Waals surface area contributed by atoms with Gasteiger partial charge in [0, 0.05) is 18.2 Å². The van der Waals surface area contributed by atoms with Gasteiger partial charge in [0.05, 0.1) is 19.3 Å². The summed E-state index contributed by atoms with van der Waals surface area (Å²) < 4.78 is 5.21. The van der Waals surface area contributed by atoms with E-state index in [1.165, 1.54) is 7.11 Å². The topological polar surface area (TPSA) is 93.4 Å². The minimum absolute atomic E-state index is 0.0722. The van der Waals surface area contributed by atoms with Crippen LogP contribution in [-0.4, -0.2) is 25.5 Å². The zero-order chi connectivity index (χ0) is 15.1. The number of carbonyl (C=O) groups excluding carboxylic acids is 2. The predicted octanol–water partition coefficient (Wildman–Crippen LogP) is 1.58. The van der Waals surface area contributed by atoms with Crippen molar-refractivity contribution in [3.8, 4) is 5.75 Å². The van der Waals surface area contributed by atoms with Crippen molar-refractivity contribution < 1.29 is 14.3 Å². The van der Waals surface area contributed by atoms with Crippen LogP contribution in [0.3, 0.4) is 0 Å². The Labute approximate surface area is 118 Å². The van der Waals surface area contributed by atoms with E-state index < -0.39 is 0 Å². The van der Waals surface area contributed by atoms with Gasteiger partial charge in [-0.15, -0.1) is 0 Å². The Kier molecular flexibility index (Phi) is 5.99. The van der Waals surface area contributed by atoms with Gasteiger partial charge in [-0.2, -0.15) is 0 Å². The van der Waals surface area contributed by atoms with E-state index in [1.807, 2.05) is 13.8 Å². The van der Waals surface area contributed by atoms with E-state index >= 15 is 0 Å². The zero-order valence-electron chi connectivity index (χ0n) is 12.0. The van der Waals surface area contributed by atoms with Gasteiger partial charge in [-0.05, 0) is 18.1 Å². The smallest absolute Gasteiger partial charge is 0.238 e. The SMILES string of the molecule is COc1cc(NC(=O)CN)ccc1NC(=O)CC(C)C. The van der Waals surface area contributed by atoms with Crippen molar-refractivity contribution >= 4 is 23.2 Å². The lowest BCUT2D eigenvalue weighted by molar-refractivity contribution is -0.117. The Morgan fingerprint density at radius 1 is 1.25 bits per heavy atom. The summed E-state index contributed by atoms with van der Waals surface area (Å²) in [5.74, 6) is 0.404. The molecule has 6 heteroatoms. The number of methoxy groups -OCH3 is 1. The molecule has 0 aliphatic carbocycles. The fourth-order valence-corrected chi connectivity index (χ4v) is 1.66. The molecule has 0 atom stereocenters. The average Bonchev–Trinajstić information content (AvgIpc) is 2.39. The van der Waals surface area contributed by atoms with Gasteiger partial charge in [-0.1, -0.05) is 13.8 Å².